The largest absolute Gasteiger partial charge is 0.332 e. The van der Waals surface area contributed by atoms with Crippen molar-refractivity contribution in [3.8, 4) is 11.3 Å². The highest BCUT2D eigenvalue weighted by atomic mass is 32.1. The zero-order valence-electron chi connectivity index (χ0n) is 15.2. The Hall–Kier alpha value is -2.80. The fourth-order valence-electron chi connectivity index (χ4n) is 3.59. The van der Waals surface area contributed by atoms with Crippen LogP contribution >= 0.6 is 11.3 Å². The van der Waals surface area contributed by atoms with Gasteiger partial charge in [-0.1, -0.05) is 12.1 Å². The predicted molar refractivity (Wildman–Crippen MR) is 107 cm³/mol. The number of nitrogens with one attached hydrogen (secondary N) is 1. The van der Waals surface area contributed by atoms with Gasteiger partial charge in [-0.15, -0.1) is 0 Å². The summed E-state index contributed by atoms with van der Waals surface area (Å²) in [4.78, 5) is 34.4. The summed E-state index contributed by atoms with van der Waals surface area (Å²) in [6.45, 7) is 0.622. The molecule has 7 heteroatoms. The third-order valence-corrected chi connectivity index (χ3v) is 5.67. The Morgan fingerprint density at radius 2 is 2.07 bits per heavy atom. The molecular formula is C21H20FN3O2S. The summed E-state index contributed by atoms with van der Waals surface area (Å²) in [6, 6.07) is 9.13. The Morgan fingerprint density at radius 1 is 1.25 bits per heavy atom. The Balaban J connectivity index is 1.61. The number of rotatable bonds is 4. The van der Waals surface area contributed by atoms with Crippen molar-refractivity contribution >= 4 is 17.2 Å². The number of benzene rings is 1. The summed E-state index contributed by atoms with van der Waals surface area (Å²) in [5, 5.41) is 3.89. The van der Waals surface area contributed by atoms with Gasteiger partial charge in [0.1, 0.15) is 11.6 Å². The molecule has 5 nitrogen and oxygen atoms in total. The number of halogens is 1. The molecule has 1 aliphatic rings. The van der Waals surface area contributed by atoms with Crippen LogP contribution in [0.1, 0.15) is 36.7 Å². The van der Waals surface area contributed by atoms with E-state index in [9.17, 15) is 14.0 Å². The second-order valence-electron chi connectivity index (χ2n) is 6.93. The van der Waals surface area contributed by atoms with Crippen LogP contribution in [0.5, 0.6) is 0 Å². The molecule has 1 fully saturated rings. The lowest BCUT2D eigenvalue weighted by Crippen LogP contribution is -2.40. The minimum atomic E-state index is -0.320. The van der Waals surface area contributed by atoms with Gasteiger partial charge in [-0.25, -0.2) is 9.37 Å². The first kappa shape index (κ1) is 18.6. The van der Waals surface area contributed by atoms with Crippen molar-refractivity contribution in [2.24, 2.45) is 0 Å². The van der Waals surface area contributed by atoms with E-state index in [1.54, 1.807) is 28.4 Å². The maximum absolute atomic E-state index is 13.1. The van der Waals surface area contributed by atoms with E-state index in [0.29, 0.717) is 18.1 Å². The van der Waals surface area contributed by atoms with E-state index in [1.165, 1.54) is 18.2 Å². The van der Waals surface area contributed by atoms with Gasteiger partial charge in [0, 0.05) is 23.6 Å². The van der Waals surface area contributed by atoms with Crippen LogP contribution in [0.25, 0.3) is 11.3 Å². The molecule has 0 aliphatic carbocycles. The Kier molecular flexibility index (Phi) is 5.34. The molecule has 1 amide bonds. The number of thiophene rings is 1. The minimum Gasteiger partial charge on any atom is -0.332 e. The summed E-state index contributed by atoms with van der Waals surface area (Å²) in [5.41, 5.74) is 2.07. The molecule has 2 aromatic heterocycles. The van der Waals surface area contributed by atoms with Gasteiger partial charge < -0.3 is 9.88 Å². The van der Waals surface area contributed by atoms with Crippen LogP contribution in [0.4, 0.5) is 4.39 Å². The lowest BCUT2D eigenvalue weighted by molar-refractivity contribution is -0.134. The van der Waals surface area contributed by atoms with Gasteiger partial charge in [-0.05, 0) is 48.4 Å². The number of H-pyrrole nitrogens is 1. The van der Waals surface area contributed by atoms with Crippen molar-refractivity contribution in [2.45, 2.75) is 31.7 Å². The topological polar surface area (TPSA) is 66.1 Å². The van der Waals surface area contributed by atoms with E-state index in [-0.39, 0.29) is 29.7 Å². The predicted octanol–water partition coefficient (Wildman–Crippen LogP) is 3.93. The first-order chi connectivity index (χ1) is 13.6. The molecule has 4 rings (SSSR count). The van der Waals surface area contributed by atoms with Crippen LogP contribution in [-0.2, 0) is 11.2 Å². The lowest BCUT2D eigenvalue weighted by Gasteiger charge is -2.35. The number of aromatic nitrogens is 2. The Bertz CT molecular complexity index is 1010. The van der Waals surface area contributed by atoms with E-state index in [2.05, 4.69) is 9.97 Å². The lowest BCUT2D eigenvalue weighted by atomic mass is 9.99. The summed E-state index contributed by atoms with van der Waals surface area (Å²) in [5.74, 6) is 0.166. The number of hydrogen-bond acceptors (Lipinski definition) is 4. The third kappa shape index (κ3) is 4.04. The molecule has 3 aromatic rings. The summed E-state index contributed by atoms with van der Waals surface area (Å²) in [6.07, 6.45) is 2.84. The normalized spacial score (nSPS) is 16.9. The Morgan fingerprint density at radius 3 is 2.82 bits per heavy atom. The number of carbonyl (C=O) groups excluding carboxylic acids is 1. The molecule has 0 spiro atoms. The highest BCUT2D eigenvalue weighted by molar-refractivity contribution is 7.08. The molecule has 0 saturated carbocycles. The number of carbonyl (C=O) groups is 1. The molecule has 1 aromatic carbocycles. The number of nitrogens with zero attached hydrogens (tertiary/aromatic N) is 2. The maximum Gasteiger partial charge on any atom is 0.251 e. The van der Waals surface area contributed by atoms with E-state index in [0.717, 1.165) is 30.4 Å². The summed E-state index contributed by atoms with van der Waals surface area (Å²) in [7, 11) is 0. The molecule has 3 heterocycles. The highest BCUT2D eigenvalue weighted by Crippen LogP contribution is 2.30. The molecule has 1 aliphatic heterocycles. The first-order valence-corrected chi connectivity index (χ1v) is 10.2. The molecule has 1 N–H and O–H groups in total. The average Bonchev–Trinajstić information content (AvgIpc) is 3.24. The van der Waals surface area contributed by atoms with Crippen LogP contribution < -0.4 is 5.56 Å². The van der Waals surface area contributed by atoms with Crippen molar-refractivity contribution in [1.29, 1.82) is 0 Å². The number of amides is 1. The molecule has 28 heavy (non-hydrogen) atoms. The second-order valence-corrected chi connectivity index (χ2v) is 7.71. The van der Waals surface area contributed by atoms with Gasteiger partial charge in [0.15, 0.2) is 0 Å². The van der Waals surface area contributed by atoms with Gasteiger partial charge in [-0.2, -0.15) is 11.3 Å². The second kappa shape index (κ2) is 8.06. The number of hydrogen-bond donors (Lipinski definition) is 1. The van der Waals surface area contributed by atoms with Gasteiger partial charge in [0.05, 0.1) is 18.2 Å². The summed E-state index contributed by atoms with van der Waals surface area (Å²) >= 11 is 1.55. The third-order valence-electron chi connectivity index (χ3n) is 4.98. The zero-order valence-corrected chi connectivity index (χ0v) is 16.0. The van der Waals surface area contributed by atoms with Gasteiger partial charge in [-0.3, -0.25) is 9.59 Å². The van der Waals surface area contributed by atoms with Crippen molar-refractivity contribution in [3.05, 3.63) is 74.7 Å². The first-order valence-electron chi connectivity index (χ1n) is 9.28. The van der Waals surface area contributed by atoms with Crippen LogP contribution in [0.3, 0.4) is 0 Å². The number of piperidine rings is 1. The van der Waals surface area contributed by atoms with Crippen molar-refractivity contribution in [3.63, 3.8) is 0 Å². The van der Waals surface area contributed by atoms with Crippen molar-refractivity contribution < 1.29 is 9.18 Å². The monoisotopic (exact) mass is 397 g/mol. The molecule has 0 bridgehead atoms. The molecule has 0 radical (unpaired) electrons. The number of likely N-dealkylation sites (tertiary alicyclic amines) is 1. The molecule has 0 unspecified atom stereocenters. The number of aromatic amines is 1. The van der Waals surface area contributed by atoms with Gasteiger partial charge in [0.2, 0.25) is 5.91 Å². The maximum atomic E-state index is 13.1. The molecule has 1 saturated heterocycles. The van der Waals surface area contributed by atoms with E-state index in [1.807, 2.05) is 16.8 Å². The Labute approximate surface area is 165 Å². The fourth-order valence-corrected chi connectivity index (χ4v) is 4.23. The van der Waals surface area contributed by atoms with E-state index in [4.69, 9.17) is 0 Å². The average molecular weight is 397 g/mol. The smallest absolute Gasteiger partial charge is 0.251 e. The molecule has 144 valence electrons. The van der Waals surface area contributed by atoms with Crippen LogP contribution in [0.2, 0.25) is 0 Å². The summed E-state index contributed by atoms with van der Waals surface area (Å²) < 4.78 is 13.1. The minimum absolute atomic E-state index is 0.0418. The molecule has 1 atom stereocenters. The SMILES string of the molecule is O=C(Cc1ccc(F)cc1)N1CCCC[C@@H]1c1nc(-c2ccsc2)cc(=O)[nH]1. The zero-order chi connectivity index (χ0) is 19.5. The van der Waals surface area contributed by atoms with E-state index >= 15 is 0 Å². The van der Waals surface area contributed by atoms with Crippen LogP contribution in [0, 0.1) is 5.82 Å². The van der Waals surface area contributed by atoms with Crippen molar-refractivity contribution in [1.82, 2.24) is 14.9 Å². The van der Waals surface area contributed by atoms with E-state index < -0.39 is 0 Å². The highest BCUT2D eigenvalue weighted by Gasteiger charge is 2.30. The van der Waals surface area contributed by atoms with Gasteiger partial charge in [0.25, 0.3) is 5.56 Å². The van der Waals surface area contributed by atoms with Crippen LogP contribution in [0.15, 0.2) is 52.0 Å². The standard InChI is InChI=1S/C21H20FN3O2S/c22-16-6-4-14(5-7-16)11-20(27)25-9-2-1-3-18(25)21-23-17(12-19(26)24-21)15-8-10-28-13-15/h4-8,10,12-13,18H,1-3,9,11H2,(H,23,24,26)/t18-/m1/s1. The quantitative estimate of drug-likeness (QED) is 0.725. The van der Waals surface area contributed by atoms with Crippen molar-refractivity contribution in [2.75, 3.05) is 6.54 Å². The van der Waals surface area contributed by atoms with Gasteiger partial charge >= 0.3 is 0 Å². The fraction of sp³-hybridized carbons (Fsp3) is 0.286. The molecular weight excluding hydrogens is 377 g/mol. The van der Waals surface area contributed by atoms with Crippen LogP contribution in [-0.4, -0.2) is 27.3 Å².